The zero-order chi connectivity index (χ0) is 11.0. The van der Waals surface area contributed by atoms with Crippen molar-refractivity contribution >= 4 is 11.0 Å². The number of H-pyrrole nitrogens is 1. The molecule has 15 heavy (non-hydrogen) atoms. The summed E-state index contributed by atoms with van der Waals surface area (Å²) in [5.41, 5.74) is 8.31. The maximum Gasteiger partial charge on any atom is 0.326 e. The Hall–Kier alpha value is -1.55. The second-order valence-electron chi connectivity index (χ2n) is 3.95. The quantitative estimate of drug-likeness (QED) is 0.777. The molecular weight excluding hydrogens is 190 g/mol. The third-order valence-electron chi connectivity index (χ3n) is 2.53. The van der Waals surface area contributed by atoms with Gasteiger partial charge in [-0.05, 0) is 31.5 Å². The summed E-state index contributed by atoms with van der Waals surface area (Å²) < 4.78 is 1.75. The number of nitrogens with zero attached hydrogens (tertiary/aromatic N) is 1. The fourth-order valence-electron chi connectivity index (χ4n) is 1.82. The largest absolute Gasteiger partial charge is 0.326 e. The van der Waals surface area contributed by atoms with Gasteiger partial charge in [0.25, 0.3) is 0 Å². The molecule has 0 aliphatic heterocycles. The fraction of sp³-hybridized carbons (Fsp3) is 0.364. The minimum Gasteiger partial charge on any atom is -0.326 e. The van der Waals surface area contributed by atoms with Gasteiger partial charge in [-0.3, -0.25) is 4.57 Å². The van der Waals surface area contributed by atoms with Crippen molar-refractivity contribution in [1.29, 1.82) is 0 Å². The van der Waals surface area contributed by atoms with E-state index in [1.54, 1.807) is 4.57 Å². The molecule has 0 saturated carbocycles. The van der Waals surface area contributed by atoms with Gasteiger partial charge in [-0.2, -0.15) is 0 Å². The summed E-state index contributed by atoms with van der Waals surface area (Å²) in [6.07, 6.45) is 0. The van der Waals surface area contributed by atoms with Crippen molar-refractivity contribution in [1.82, 2.24) is 9.55 Å². The molecule has 4 heteroatoms. The van der Waals surface area contributed by atoms with Crippen LogP contribution in [0, 0.1) is 0 Å². The Morgan fingerprint density at radius 2 is 2.20 bits per heavy atom. The predicted octanol–water partition coefficient (Wildman–Crippen LogP) is 1.37. The molecule has 0 aliphatic rings. The van der Waals surface area contributed by atoms with Gasteiger partial charge in [0.15, 0.2) is 0 Å². The van der Waals surface area contributed by atoms with E-state index in [2.05, 4.69) is 4.98 Å². The lowest BCUT2D eigenvalue weighted by atomic mass is 10.2. The molecule has 1 heterocycles. The third kappa shape index (κ3) is 1.57. The molecule has 2 rings (SSSR count). The van der Waals surface area contributed by atoms with Crippen LogP contribution in [0.25, 0.3) is 11.0 Å². The van der Waals surface area contributed by atoms with Gasteiger partial charge >= 0.3 is 5.69 Å². The average molecular weight is 205 g/mol. The van der Waals surface area contributed by atoms with Gasteiger partial charge in [-0.25, -0.2) is 4.79 Å². The SMILES string of the molecule is CC(C)n1c(=O)[nH]c2cc(CN)ccc21. The van der Waals surface area contributed by atoms with Gasteiger partial charge in [0.05, 0.1) is 11.0 Å². The molecule has 0 spiro atoms. The molecule has 80 valence electrons. The summed E-state index contributed by atoms with van der Waals surface area (Å²) in [5, 5.41) is 0. The Labute approximate surface area is 87.7 Å². The number of imidazole rings is 1. The minimum atomic E-state index is -0.0610. The highest BCUT2D eigenvalue weighted by atomic mass is 16.1. The highest BCUT2D eigenvalue weighted by Crippen LogP contribution is 2.15. The summed E-state index contributed by atoms with van der Waals surface area (Å²) in [4.78, 5) is 14.5. The lowest BCUT2D eigenvalue weighted by Crippen LogP contribution is -2.18. The van der Waals surface area contributed by atoms with E-state index in [9.17, 15) is 4.79 Å². The van der Waals surface area contributed by atoms with Crippen molar-refractivity contribution in [2.45, 2.75) is 26.4 Å². The molecular formula is C11H15N3O. The molecule has 0 aliphatic carbocycles. The lowest BCUT2D eigenvalue weighted by Gasteiger charge is -2.06. The Bertz CT molecular complexity index is 536. The Kier molecular flexibility index (Phi) is 2.36. The molecule has 4 nitrogen and oxygen atoms in total. The normalized spacial score (nSPS) is 11.5. The van der Waals surface area contributed by atoms with Crippen LogP contribution in [-0.4, -0.2) is 9.55 Å². The summed E-state index contributed by atoms with van der Waals surface area (Å²) in [7, 11) is 0. The summed E-state index contributed by atoms with van der Waals surface area (Å²) in [5.74, 6) is 0. The van der Waals surface area contributed by atoms with Crippen molar-refractivity contribution in [3.8, 4) is 0 Å². The second kappa shape index (κ2) is 3.55. The predicted molar refractivity (Wildman–Crippen MR) is 60.8 cm³/mol. The van der Waals surface area contributed by atoms with Gasteiger partial charge in [0.1, 0.15) is 0 Å². The molecule has 3 N–H and O–H groups in total. The molecule has 0 unspecified atom stereocenters. The van der Waals surface area contributed by atoms with E-state index in [-0.39, 0.29) is 11.7 Å². The third-order valence-corrected chi connectivity index (χ3v) is 2.53. The number of fused-ring (bicyclic) bond motifs is 1. The van der Waals surface area contributed by atoms with Crippen LogP contribution >= 0.6 is 0 Å². The van der Waals surface area contributed by atoms with Crippen LogP contribution in [-0.2, 0) is 6.54 Å². The van der Waals surface area contributed by atoms with E-state index >= 15 is 0 Å². The van der Waals surface area contributed by atoms with Crippen LogP contribution in [0.15, 0.2) is 23.0 Å². The van der Waals surface area contributed by atoms with Crippen LogP contribution in [0.5, 0.6) is 0 Å². The van der Waals surface area contributed by atoms with E-state index in [0.29, 0.717) is 6.54 Å². The monoisotopic (exact) mass is 205 g/mol. The summed E-state index contributed by atoms with van der Waals surface area (Å²) in [6, 6.07) is 5.98. The number of aromatic nitrogens is 2. The molecule has 0 atom stereocenters. The van der Waals surface area contributed by atoms with Crippen LogP contribution in [0.4, 0.5) is 0 Å². The van der Waals surface area contributed by atoms with E-state index in [4.69, 9.17) is 5.73 Å². The first kappa shape index (κ1) is 9.98. The zero-order valence-electron chi connectivity index (χ0n) is 8.95. The number of hydrogen-bond acceptors (Lipinski definition) is 2. The highest BCUT2D eigenvalue weighted by molar-refractivity contribution is 5.76. The van der Waals surface area contributed by atoms with E-state index in [0.717, 1.165) is 16.6 Å². The molecule has 0 radical (unpaired) electrons. The standard InChI is InChI=1S/C11H15N3O/c1-7(2)14-10-4-3-8(6-12)5-9(10)13-11(14)15/h3-5,7H,6,12H2,1-2H3,(H,13,15). The molecule has 0 bridgehead atoms. The number of nitrogens with one attached hydrogen (secondary N) is 1. The second-order valence-corrected chi connectivity index (χ2v) is 3.95. The minimum absolute atomic E-state index is 0.0610. The van der Waals surface area contributed by atoms with Crippen molar-refractivity contribution in [3.63, 3.8) is 0 Å². The van der Waals surface area contributed by atoms with Crippen LogP contribution in [0.2, 0.25) is 0 Å². The van der Waals surface area contributed by atoms with E-state index < -0.39 is 0 Å². The maximum absolute atomic E-state index is 11.7. The first-order valence-corrected chi connectivity index (χ1v) is 5.06. The van der Waals surface area contributed by atoms with Crippen molar-refractivity contribution in [3.05, 3.63) is 34.2 Å². The fourth-order valence-corrected chi connectivity index (χ4v) is 1.82. The number of rotatable bonds is 2. The smallest absolute Gasteiger partial charge is 0.326 e. The summed E-state index contributed by atoms with van der Waals surface area (Å²) >= 11 is 0. The molecule has 0 fully saturated rings. The van der Waals surface area contributed by atoms with E-state index in [1.807, 2.05) is 32.0 Å². The Balaban J connectivity index is 2.74. The molecule has 0 amide bonds. The van der Waals surface area contributed by atoms with Crippen molar-refractivity contribution in [2.75, 3.05) is 0 Å². The molecule has 2 aromatic rings. The van der Waals surface area contributed by atoms with Gasteiger partial charge < -0.3 is 10.7 Å². The highest BCUT2D eigenvalue weighted by Gasteiger charge is 2.09. The van der Waals surface area contributed by atoms with Gasteiger partial charge in [-0.1, -0.05) is 6.07 Å². The van der Waals surface area contributed by atoms with Crippen LogP contribution < -0.4 is 11.4 Å². The van der Waals surface area contributed by atoms with Crippen LogP contribution in [0.3, 0.4) is 0 Å². The van der Waals surface area contributed by atoms with Crippen molar-refractivity contribution in [2.24, 2.45) is 5.73 Å². The number of hydrogen-bond donors (Lipinski definition) is 2. The lowest BCUT2D eigenvalue weighted by molar-refractivity contribution is 0.598. The topological polar surface area (TPSA) is 63.8 Å². The van der Waals surface area contributed by atoms with Crippen molar-refractivity contribution < 1.29 is 0 Å². The molecule has 0 saturated heterocycles. The van der Waals surface area contributed by atoms with Crippen LogP contribution in [0.1, 0.15) is 25.5 Å². The summed E-state index contributed by atoms with van der Waals surface area (Å²) in [6.45, 7) is 4.47. The molecule has 1 aromatic carbocycles. The Morgan fingerprint density at radius 3 is 2.80 bits per heavy atom. The van der Waals surface area contributed by atoms with Gasteiger partial charge in [-0.15, -0.1) is 0 Å². The molecule has 1 aromatic heterocycles. The van der Waals surface area contributed by atoms with E-state index in [1.165, 1.54) is 0 Å². The number of aromatic amines is 1. The van der Waals surface area contributed by atoms with Gasteiger partial charge in [0, 0.05) is 12.6 Å². The first-order valence-electron chi connectivity index (χ1n) is 5.06. The Morgan fingerprint density at radius 1 is 1.47 bits per heavy atom. The average Bonchev–Trinajstić information content (AvgIpc) is 2.52. The number of benzene rings is 1. The van der Waals surface area contributed by atoms with Gasteiger partial charge in [0.2, 0.25) is 0 Å². The first-order chi connectivity index (χ1) is 7.13. The zero-order valence-corrected chi connectivity index (χ0v) is 8.95. The maximum atomic E-state index is 11.7. The number of nitrogens with two attached hydrogens (primary N) is 1.